The number of rotatable bonds is 9. The van der Waals surface area contributed by atoms with Crippen molar-refractivity contribution in [1.29, 1.82) is 0 Å². The lowest BCUT2D eigenvalue weighted by Gasteiger charge is -2.19. The minimum absolute atomic E-state index is 0.00274. The highest BCUT2D eigenvalue weighted by Gasteiger charge is 2.21. The zero-order valence-electron chi connectivity index (χ0n) is 17.9. The van der Waals surface area contributed by atoms with E-state index in [1.807, 2.05) is 0 Å². The number of hydrogen-bond acceptors (Lipinski definition) is 11. The van der Waals surface area contributed by atoms with Crippen LogP contribution in [0.2, 0.25) is 5.28 Å². The number of nitrogens with zero attached hydrogens (tertiary/aromatic N) is 5. The molecule has 0 unspecified atom stereocenters. The Hall–Kier alpha value is -4.34. The van der Waals surface area contributed by atoms with E-state index in [2.05, 4.69) is 25.3 Å². The van der Waals surface area contributed by atoms with Crippen molar-refractivity contribution in [2.45, 2.75) is 4.90 Å². The number of aromatic nitrogens is 4. The molecular weight excluding hydrogens is 520 g/mol. The van der Waals surface area contributed by atoms with Crippen LogP contribution < -0.4 is 10.2 Å². The molecule has 0 aliphatic heterocycles. The first-order valence-corrected chi connectivity index (χ1v) is 11.7. The summed E-state index contributed by atoms with van der Waals surface area (Å²) in [4.78, 5) is 38.9. The molecular formula is C20H15ClN6O8S. The maximum Gasteiger partial charge on any atom is 0.323 e. The number of oxazole rings is 1. The first-order valence-electron chi connectivity index (χ1n) is 9.84. The molecule has 4 aromatic rings. The summed E-state index contributed by atoms with van der Waals surface area (Å²) in [7, 11) is -4.58. The largest absolute Gasteiger partial charge is 0.480 e. The normalized spacial score (nSPS) is 11.4. The summed E-state index contributed by atoms with van der Waals surface area (Å²) in [5.74, 6) is -3.21. The van der Waals surface area contributed by atoms with E-state index in [4.69, 9.17) is 26.2 Å². The second-order valence-corrected chi connectivity index (χ2v) is 8.93. The molecule has 0 fully saturated rings. The summed E-state index contributed by atoms with van der Waals surface area (Å²) in [5.41, 5.74) is 1.18. The van der Waals surface area contributed by atoms with Crippen molar-refractivity contribution in [1.82, 2.24) is 19.9 Å². The third-order valence-corrected chi connectivity index (χ3v) is 5.61. The molecule has 2 aromatic carbocycles. The highest BCUT2D eigenvalue weighted by molar-refractivity contribution is 7.85. The van der Waals surface area contributed by atoms with Gasteiger partial charge >= 0.3 is 11.9 Å². The number of halogens is 1. The van der Waals surface area contributed by atoms with Gasteiger partial charge in [-0.3, -0.25) is 14.1 Å². The van der Waals surface area contributed by atoms with Crippen molar-refractivity contribution in [3.63, 3.8) is 0 Å². The average molecular weight is 535 g/mol. The third kappa shape index (κ3) is 5.65. The molecule has 36 heavy (non-hydrogen) atoms. The van der Waals surface area contributed by atoms with Crippen LogP contribution in [-0.2, 0) is 19.7 Å². The fourth-order valence-electron chi connectivity index (χ4n) is 3.14. The molecule has 0 aliphatic carbocycles. The lowest BCUT2D eigenvalue weighted by Crippen LogP contribution is -2.36. The van der Waals surface area contributed by atoms with Gasteiger partial charge in [0.25, 0.3) is 10.1 Å². The van der Waals surface area contributed by atoms with Crippen molar-refractivity contribution < 1.29 is 37.2 Å². The van der Waals surface area contributed by atoms with Gasteiger partial charge in [0.15, 0.2) is 5.58 Å². The number of hydrogen-bond donors (Lipinski definition) is 4. The summed E-state index contributed by atoms with van der Waals surface area (Å²) in [6.45, 7) is -1.47. The van der Waals surface area contributed by atoms with Crippen LogP contribution in [0.4, 0.5) is 17.6 Å². The van der Waals surface area contributed by atoms with Crippen LogP contribution in [0.15, 0.2) is 51.8 Å². The van der Waals surface area contributed by atoms with Crippen LogP contribution in [0, 0.1) is 0 Å². The number of carbonyl (C=O) groups is 2. The van der Waals surface area contributed by atoms with E-state index < -0.39 is 40.0 Å². The smallest absolute Gasteiger partial charge is 0.323 e. The molecule has 0 saturated heterocycles. The Kier molecular flexibility index (Phi) is 6.69. The van der Waals surface area contributed by atoms with Crippen molar-refractivity contribution in [3.8, 4) is 11.5 Å². The predicted molar refractivity (Wildman–Crippen MR) is 125 cm³/mol. The highest BCUT2D eigenvalue weighted by Crippen LogP contribution is 2.34. The van der Waals surface area contributed by atoms with Gasteiger partial charge < -0.3 is 24.8 Å². The number of aliphatic carboxylic acids is 2. The number of nitrogens with one attached hydrogen (secondary N) is 1. The van der Waals surface area contributed by atoms with E-state index >= 15 is 0 Å². The van der Waals surface area contributed by atoms with Crippen LogP contribution in [-0.4, -0.2) is 68.1 Å². The lowest BCUT2D eigenvalue weighted by atomic mass is 10.1. The quantitative estimate of drug-likeness (QED) is 0.227. The second kappa shape index (κ2) is 9.73. The molecule has 186 valence electrons. The van der Waals surface area contributed by atoms with E-state index in [1.165, 1.54) is 6.07 Å². The molecule has 0 saturated carbocycles. The van der Waals surface area contributed by atoms with Gasteiger partial charge in [-0.25, -0.2) is 4.98 Å². The summed E-state index contributed by atoms with van der Waals surface area (Å²) >= 11 is 5.96. The molecule has 0 spiro atoms. The van der Waals surface area contributed by atoms with Gasteiger partial charge in [0, 0.05) is 0 Å². The van der Waals surface area contributed by atoms with Crippen LogP contribution in [0.25, 0.3) is 22.6 Å². The minimum atomic E-state index is -4.58. The summed E-state index contributed by atoms with van der Waals surface area (Å²) in [5, 5.41) is 20.6. The van der Waals surface area contributed by atoms with E-state index in [1.54, 1.807) is 24.3 Å². The minimum Gasteiger partial charge on any atom is -0.480 e. The molecule has 14 nitrogen and oxygen atoms in total. The van der Waals surface area contributed by atoms with Gasteiger partial charge in [-0.1, -0.05) is 12.1 Å². The zero-order valence-corrected chi connectivity index (χ0v) is 19.4. The highest BCUT2D eigenvalue weighted by atomic mass is 35.5. The van der Waals surface area contributed by atoms with Gasteiger partial charge in [-0.2, -0.15) is 23.4 Å². The average Bonchev–Trinajstić information content (AvgIpc) is 3.21. The van der Waals surface area contributed by atoms with E-state index in [-0.39, 0.29) is 34.3 Å². The molecule has 0 atom stereocenters. The van der Waals surface area contributed by atoms with Gasteiger partial charge in [0.2, 0.25) is 23.1 Å². The summed E-state index contributed by atoms with van der Waals surface area (Å²) < 4.78 is 38.7. The summed E-state index contributed by atoms with van der Waals surface area (Å²) in [6.07, 6.45) is 0. The molecule has 16 heteroatoms. The Labute approximate surface area is 207 Å². The number of carboxylic acid groups (broad SMARTS) is 2. The third-order valence-electron chi connectivity index (χ3n) is 4.59. The Morgan fingerprint density at radius 1 is 1.00 bits per heavy atom. The standard InChI is InChI=1S/C20H15ClN6O8S/c21-18-24-19(26-20(25-18)27(8-15(28)29)9-16(30)31)23-12-6-5-10(36(32,33)34)7-11(12)17-22-13-3-1-2-4-14(13)35-17/h1-7H,8-9H2,(H,28,29)(H,30,31)(H,32,33,34)(H,23,24,25,26). The Bertz CT molecular complexity index is 1540. The summed E-state index contributed by atoms with van der Waals surface area (Å²) in [6, 6.07) is 10.3. The molecule has 2 aromatic heterocycles. The molecule has 4 rings (SSSR count). The molecule has 2 heterocycles. The first-order chi connectivity index (χ1) is 17.0. The van der Waals surface area contributed by atoms with E-state index in [9.17, 15) is 22.6 Å². The molecule has 0 radical (unpaired) electrons. The fourth-order valence-corrected chi connectivity index (χ4v) is 3.80. The molecule has 0 bridgehead atoms. The number of fused-ring (bicyclic) bond motifs is 1. The maximum atomic E-state index is 11.7. The Balaban J connectivity index is 1.79. The lowest BCUT2D eigenvalue weighted by molar-refractivity contribution is -0.136. The van der Waals surface area contributed by atoms with Gasteiger partial charge in [0.1, 0.15) is 18.6 Å². The van der Waals surface area contributed by atoms with Crippen molar-refractivity contribution in [3.05, 3.63) is 47.7 Å². The molecule has 0 amide bonds. The predicted octanol–water partition coefficient (Wildman–Crippen LogP) is 2.30. The van der Waals surface area contributed by atoms with Crippen molar-refractivity contribution in [2.24, 2.45) is 0 Å². The first kappa shape index (κ1) is 24.8. The number of anilines is 3. The van der Waals surface area contributed by atoms with Crippen LogP contribution in [0.5, 0.6) is 0 Å². The number of carboxylic acids is 2. The van der Waals surface area contributed by atoms with Crippen LogP contribution in [0.3, 0.4) is 0 Å². The second-order valence-electron chi connectivity index (χ2n) is 7.17. The number of para-hydroxylation sites is 2. The fraction of sp³-hybridized carbons (Fsp3) is 0.100. The van der Waals surface area contributed by atoms with Crippen molar-refractivity contribution >= 4 is 62.3 Å². The van der Waals surface area contributed by atoms with Gasteiger partial charge in [-0.05, 0) is 41.9 Å². The van der Waals surface area contributed by atoms with E-state index in [0.29, 0.717) is 11.1 Å². The molecule has 4 N–H and O–H groups in total. The van der Waals surface area contributed by atoms with E-state index in [0.717, 1.165) is 17.0 Å². The van der Waals surface area contributed by atoms with Gasteiger partial charge in [-0.15, -0.1) is 0 Å². The number of benzene rings is 2. The Morgan fingerprint density at radius 2 is 1.69 bits per heavy atom. The van der Waals surface area contributed by atoms with Crippen molar-refractivity contribution in [2.75, 3.05) is 23.3 Å². The van der Waals surface area contributed by atoms with Crippen LogP contribution >= 0.6 is 11.6 Å². The monoisotopic (exact) mass is 534 g/mol. The topological polar surface area (TPSA) is 209 Å². The maximum absolute atomic E-state index is 11.7. The zero-order chi connectivity index (χ0) is 26.0. The Morgan fingerprint density at radius 3 is 2.33 bits per heavy atom. The SMILES string of the molecule is O=C(O)CN(CC(=O)O)c1nc(Cl)nc(Nc2ccc(S(=O)(=O)O)cc2-c2nc3ccccc3o2)n1. The van der Waals surface area contributed by atoms with Crippen LogP contribution in [0.1, 0.15) is 0 Å². The van der Waals surface area contributed by atoms with Gasteiger partial charge in [0.05, 0.1) is 16.1 Å². The molecule has 0 aliphatic rings.